The largest absolute Gasteiger partial charge is 0.347 e. The Labute approximate surface area is 157 Å². The topological polar surface area (TPSA) is 61.4 Å². The molecule has 2 heterocycles. The fourth-order valence-corrected chi connectivity index (χ4v) is 3.08. The molecule has 0 saturated heterocycles. The molecule has 1 aliphatic rings. The first kappa shape index (κ1) is 18.4. The molecule has 3 rings (SSSR count). The Morgan fingerprint density at radius 2 is 2.19 bits per heavy atom. The van der Waals surface area contributed by atoms with Crippen molar-refractivity contribution in [3.05, 3.63) is 52.1 Å². The second kappa shape index (κ2) is 7.45. The van der Waals surface area contributed by atoms with Crippen molar-refractivity contribution in [2.24, 2.45) is 0 Å². The van der Waals surface area contributed by atoms with Crippen molar-refractivity contribution < 1.29 is 9.18 Å². The predicted molar refractivity (Wildman–Crippen MR) is 98.8 cm³/mol. The number of nitrogens with zero attached hydrogens (tertiary/aromatic N) is 4. The highest BCUT2D eigenvalue weighted by atomic mass is 35.5. The molecular weight excluding hydrogens is 357 g/mol. The summed E-state index contributed by atoms with van der Waals surface area (Å²) >= 11 is 5.93. The average Bonchev–Trinajstić information content (AvgIpc) is 2.62. The van der Waals surface area contributed by atoms with Crippen LogP contribution in [0.4, 0.5) is 15.1 Å². The van der Waals surface area contributed by atoms with Crippen molar-refractivity contribution in [1.82, 2.24) is 20.2 Å². The fraction of sp³-hybridized carbons (Fsp3) is 0.389. The molecule has 8 heteroatoms. The van der Waals surface area contributed by atoms with E-state index in [1.165, 1.54) is 18.2 Å². The molecule has 0 spiro atoms. The van der Waals surface area contributed by atoms with E-state index in [1.807, 2.05) is 19.0 Å². The molecule has 6 nitrogen and oxygen atoms in total. The normalized spacial score (nSPS) is 14.6. The molecule has 0 fully saturated rings. The third-order valence-electron chi connectivity index (χ3n) is 4.37. The van der Waals surface area contributed by atoms with Crippen molar-refractivity contribution in [2.45, 2.75) is 25.9 Å². The van der Waals surface area contributed by atoms with Crippen molar-refractivity contribution in [3.8, 4) is 0 Å². The monoisotopic (exact) mass is 377 g/mol. The molecule has 1 aromatic carbocycles. The zero-order valence-corrected chi connectivity index (χ0v) is 15.7. The summed E-state index contributed by atoms with van der Waals surface area (Å²) in [7, 11) is 3.78. The van der Waals surface area contributed by atoms with Crippen molar-refractivity contribution >= 4 is 23.6 Å². The minimum Gasteiger partial charge on any atom is -0.347 e. The van der Waals surface area contributed by atoms with E-state index in [4.69, 9.17) is 11.6 Å². The summed E-state index contributed by atoms with van der Waals surface area (Å²) in [5.41, 5.74) is 2.25. The molecule has 26 heavy (non-hydrogen) atoms. The maximum absolute atomic E-state index is 14.0. The van der Waals surface area contributed by atoms with Gasteiger partial charge in [0.1, 0.15) is 5.82 Å². The second-order valence-electron chi connectivity index (χ2n) is 6.54. The number of urea groups is 1. The maximum atomic E-state index is 14.0. The van der Waals surface area contributed by atoms with Gasteiger partial charge in [-0.2, -0.15) is 0 Å². The van der Waals surface area contributed by atoms with Gasteiger partial charge in [0, 0.05) is 49.4 Å². The molecule has 1 N–H and O–H groups in total. The lowest BCUT2D eigenvalue weighted by Crippen LogP contribution is -2.44. The Kier molecular flexibility index (Phi) is 5.27. The summed E-state index contributed by atoms with van der Waals surface area (Å²) in [4.78, 5) is 24.9. The van der Waals surface area contributed by atoms with Crippen LogP contribution in [0.1, 0.15) is 29.8 Å². The van der Waals surface area contributed by atoms with Gasteiger partial charge in [-0.05, 0) is 25.1 Å². The number of hydrogen-bond acceptors (Lipinski definition) is 4. The van der Waals surface area contributed by atoms with Gasteiger partial charge >= 0.3 is 6.03 Å². The number of amides is 2. The number of rotatable bonds is 3. The van der Waals surface area contributed by atoms with Gasteiger partial charge in [-0.15, -0.1) is 0 Å². The van der Waals surface area contributed by atoms with Crippen LogP contribution in [0.5, 0.6) is 0 Å². The molecule has 2 amide bonds. The molecule has 1 aromatic heterocycles. The van der Waals surface area contributed by atoms with E-state index in [0.717, 1.165) is 11.3 Å². The zero-order chi connectivity index (χ0) is 18.8. The van der Waals surface area contributed by atoms with E-state index >= 15 is 0 Å². The quantitative estimate of drug-likeness (QED) is 0.892. The smallest absolute Gasteiger partial charge is 0.318 e. The summed E-state index contributed by atoms with van der Waals surface area (Å²) in [6.45, 7) is 2.71. The van der Waals surface area contributed by atoms with Gasteiger partial charge in [0.2, 0.25) is 5.95 Å². The second-order valence-corrected chi connectivity index (χ2v) is 6.98. The van der Waals surface area contributed by atoms with Crippen LogP contribution in [0, 0.1) is 5.82 Å². The number of anilines is 1. The highest BCUT2D eigenvalue weighted by molar-refractivity contribution is 6.30. The molecule has 138 valence electrons. The van der Waals surface area contributed by atoms with Crippen LogP contribution in [0.25, 0.3) is 0 Å². The molecule has 0 aliphatic carbocycles. The van der Waals surface area contributed by atoms with Crippen LogP contribution in [0.3, 0.4) is 0 Å². The Bertz CT molecular complexity index is 829. The first-order chi connectivity index (χ1) is 12.3. The first-order valence-corrected chi connectivity index (χ1v) is 8.75. The van der Waals surface area contributed by atoms with Crippen molar-refractivity contribution in [2.75, 3.05) is 25.5 Å². The SMILES string of the molecule is C[C@@H](NC(=O)N1CCc2nc(N(C)C)ncc2C1)c1cc(Cl)ccc1F. The van der Waals surface area contributed by atoms with E-state index in [9.17, 15) is 9.18 Å². The summed E-state index contributed by atoms with van der Waals surface area (Å²) in [6, 6.07) is 3.58. The van der Waals surface area contributed by atoms with Crippen LogP contribution >= 0.6 is 11.6 Å². The van der Waals surface area contributed by atoms with E-state index in [0.29, 0.717) is 36.0 Å². The van der Waals surface area contributed by atoms with Crippen LogP contribution in [0.2, 0.25) is 5.02 Å². The van der Waals surface area contributed by atoms with Gasteiger partial charge in [0.25, 0.3) is 0 Å². The van der Waals surface area contributed by atoms with Crippen LogP contribution in [-0.4, -0.2) is 41.5 Å². The van der Waals surface area contributed by atoms with Crippen LogP contribution in [-0.2, 0) is 13.0 Å². The maximum Gasteiger partial charge on any atom is 0.318 e. The lowest BCUT2D eigenvalue weighted by molar-refractivity contribution is 0.188. The lowest BCUT2D eigenvalue weighted by atomic mass is 10.1. The van der Waals surface area contributed by atoms with Gasteiger partial charge in [-0.3, -0.25) is 0 Å². The fourth-order valence-electron chi connectivity index (χ4n) is 2.90. The highest BCUT2D eigenvalue weighted by Crippen LogP contribution is 2.23. The number of hydrogen-bond donors (Lipinski definition) is 1. The van der Waals surface area contributed by atoms with Gasteiger partial charge < -0.3 is 15.1 Å². The van der Waals surface area contributed by atoms with E-state index in [1.54, 1.807) is 18.0 Å². The van der Waals surface area contributed by atoms with Gasteiger partial charge in [0.05, 0.1) is 18.3 Å². The predicted octanol–water partition coefficient (Wildman–Crippen LogP) is 3.16. The average molecular weight is 378 g/mol. The molecule has 0 saturated carbocycles. The number of nitrogens with one attached hydrogen (secondary N) is 1. The molecule has 0 unspecified atom stereocenters. The van der Waals surface area contributed by atoms with Gasteiger partial charge in [-0.25, -0.2) is 19.2 Å². The highest BCUT2D eigenvalue weighted by Gasteiger charge is 2.24. The summed E-state index contributed by atoms with van der Waals surface area (Å²) < 4.78 is 14.0. The van der Waals surface area contributed by atoms with E-state index < -0.39 is 11.9 Å². The molecule has 1 aliphatic heterocycles. The Morgan fingerprint density at radius 3 is 2.92 bits per heavy atom. The summed E-state index contributed by atoms with van der Waals surface area (Å²) in [5, 5.41) is 3.27. The van der Waals surface area contributed by atoms with Crippen molar-refractivity contribution in [3.63, 3.8) is 0 Å². The molecule has 0 bridgehead atoms. The third-order valence-corrected chi connectivity index (χ3v) is 4.61. The third kappa shape index (κ3) is 3.88. The summed E-state index contributed by atoms with van der Waals surface area (Å²) in [5.74, 6) is 0.266. The minimum absolute atomic E-state index is 0.251. The number of carbonyl (C=O) groups is 1. The van der Waals surface area contributed by atoms with E-state index in [-0.39, 0.29) is 6.03 Å². The number of aromatic nitrogens is 2. The summed E-state index contributed by atoms with van der Waals surface area (Å²) in [6.07, 6.45) is 2.42. The Balaban J connectivity index is 1.68. The number of halogens is 2. The lowest BCUT2D eigenvalue weighted by Gasteiger charge is -2.30. The Hall–Kier alpha value is -2.41. The van der Waals surface area contributed by atoms with E-state index in [2.05, 4.69) is 15.3 Å². The number of fused-ring (bicyclic) bond motifs is 1. The molecular formula is C18H21ClFN5O. The molecule has 1 atom stereocenters. The van der Waals surface area contributed by atoms with Crippen molar-refractivity contribution in [1.29, 1.82) is 0 Å². The van der Waals surface area contributed by atoms with Crippen LogP contribution < -0.4 is 10.2 Å². The van der Waals surface area contributed by atoms with Gasteiger partial charge in [0.15, 0.2) is 0 Å². The molecule has 2 aromatic rings. The Morgan fingerprint density at radius 1 is 1.42 bits per heavy atom. The number of carbonyl (C=O) groups excluding carboxylic acids is 1. The number of benzene rings is 1. The first-order valence-electron chi connectivity index (χ1n) is 8.37. The molecule has 0 radical (unpaired) electrons. The van der Waals surface area contributed by atoms with Crippen LogP contribution in [0.15, 0.2) is 24.4 Å². The zero-order valence-electron chi connectivity index (χ0n) is 15.0. The standard InChI is InChI=1S/C18H21ClFN5O/c1-11(14-8-13(19)4-5-15(14)20)22-18(26)25-7-6-16-12(10-25)9-21-17(23-16)24(2)3/h4-5,8-9,11H,6-7,10H2,1-3H3,(H,22,26)/t11-/m1/s1. The van der Waals surface area contributed by atoms with Gasteiger partial charge in [-0.1, -0.05) is 11.6 Å². The minimum atomic E-state index is -0.491.